The first-order chi connectivity index (χ1) is 7.38. The zero-order valence-corrected chi connectivity index (χ0v) is 9.85. The van der Waals surface area contributed by atoms with Crippen LogP contribution in [0.25, 0.3) is 0 Å². The van der Waals surface area contributed by atoms with Crippen LogP contribution >= 0.6 is 11.8 Å². The summed E-state index contributed by atoms with van der Waals surface area (Å²) in [6.07, 6.45) is 1.27. The van der Waals surface area contributed by atoms with Crippen LogP contribution in [0.4, 0.5) is 5.69 Å². The molecule has 1 fully saturated rings. The third-order valence-corrected chi connectivity index (χ3v) is 3.61. The topological polar surface area (TPSA) is 21.3 Å². The molecule has 1 heterocycles. The lowest BCUT2D eigenvalue weighted by atomic mass is 10.2. The van der Waals surface area contributed by atoms with E-state index in [2.05, 4.69) is 17.4 Å². The molecule has 1 aromatic carbocycles. The van der Waals surface area contributed by atoms with Crippen LogP contribution < -0.4 is 10.1 Å². The van der Waals surface area contributed by atoms with Gasteiger partial charge in [0, 0.05) is 23.5 Å². The predicted molar refractivity (Wildman–Crippen MR) is 67.0 cm³/mol. The van der Waals surface area contributed by atoms with Gasteiger partial charge in [0.15, 0.2) is 0 Å². The Morgan fingerprint density at radius 2 is 2.47 bits per heavy atom. The second-order valence-corrected chi connectivity index (χ2v) is 4.82. The first kappa shape index (κ1) is 10.7. The Morgan fingerprint density at radius 1 is 1.53 bits per heavy atom. The molecule has 15 heavy (non-hydrogen) atoms. The highest BCUT2D eigenvalue weighted by Gasteiger charge is 2.14. The van der Waals surface area contributed by atoms with Crippen LogP contribution in [-0.2, 0) is 0 Å². The molecule has 1 saturated heterocycles. The van der Waals surface area contributed by atoms with Crippen LogP contribution in [-0.4, -0.2) is 24.2 Å². The average Bonchev–Trinajstić information content (AvgIpc) is 2.71. The van der Waals surface area contributed by atoms with E-state index in [0.717, 1.165) is 12.4 Å². The van der Waals surface area contributed by atoms with E-state index in [9.17, 15) is 0 Å². The zero-order chi connectivity index (χ0) is 10.5. The van der Waals surface area contributed by atoms with Gasteiger partial charge >= 0.3 is 0 Å². The number of benzene rings is 1. The molecule has 1 aliphatic rings. The highest BCUT2D eigenvalue weighted by molar-refractivity contribution is 7.99. The highest BCUT2D eigenvalue weighted by Crippen LogP contribution is 2.23. The molecule has 0 aliphatic carbocycles. The summed E-state index contributed by atoms with van der Waals surface area (Å²) in [5.74, 6) is 3.45. The van der Waals surface area contributed by atoms with Crippen molar-refractivity contribution in [1.82, 2.24) is 0 Å². The molecule has 1 aliphatic heterocycles. The van der Waals surface area contributed by atoms with Crippen LogP contribution in [0.15, 0.2) is 24.3 Å². The molecule has 82 valence electrons. The van der Waals surface area contributed by atoms with Gasteiger partial charge in [0.1, 0.15) is 5.75 Å². The lowest BCUT2D eigenvalue weighted by Crippen LogP contribution is -2.17. The van der Waals surface area contributed by atoms with Gasteiger partial charge in [-0.25, -0.2) is 0 Å². The Kier molecular flexibility index (Phi) is 3.78. The van der Waals surface area contributed by atoms with Crippen molar-refractivity contribution >= 4 is 17.4 Å². The summed E-state index contributed by atoms with van der Waals surface area (Å²) in [4.78, 5) is 0. The highest BCUT2D eigenvalue weighted by atomic mass is 32.2. The van der Waals surface area contributed by atoms with Crippen molar-refractivity contribution < 1.29 is 4.74 Å². The Balaban J connectivity index is 1.97. The fourth-order valence-electron chi connectivity index (χ4n) is 1.73. The number of rotatable bonds is 4. The number of ether oxygens (including phenoxy) is 1. The number of anilines is 1. The van der Waals surface area contributed by atoms with E-state index in [1.165, 1.54) is 23.6 Å². The van der Waals surface area contributed by atoms with Crippen molar-refractivity contribution in [2.24, 2.45) is 0 Å². The summed E-state index contributed by atoms with van der Waals surface area (Å²) in [6, 6.07) is 8.85. The number of nitrogens with one attached hydrogen (secondary N) is 1. The van der Waals surface area contributed by atoms with Gasteiger partial charge in [-0.3, -0.25) is 0 Å². The first-order valence-corrected chi connectivity index (χ1v) is 6.61. The molecule has 1 atom stereocenters. The summed E-state index contributed by atoms with van der Waals surface area (Å²) < 4.78 is 5.47. The Morgan fingerprint density at radius 3 is 3.20 bits per heavy atom. The molecule has 2 rings (SSSR count). The van der Waals surface area contributed by atoms with Crippen molar-refractivity contribution in [3.63, 3.8) is 0 Å². The fourth-order valence-corrected chi connectivity index (χ4v) is 2.88. The lowest BCUT2D eigenvalue weighted by molar-refractivity contribution is 0.340. The van der Waals surface area contributed by atoms with Gasteiger partial charge in [-0.1, -0.05) is 6.07 Å². The van der Waals surface area contributed by atoms with Crippen LogP contribution in [0.5, 0.6) is 5.75 Å². The third kappa shape index (κ3) is 3.06. The van der Waals surface area contributed by atoms with Crippen molar-refractivity contribution in [1.29, 1.82) is 0 Å². The molecule has 0 spiro atoms. The lowest BCUT2D eigenvalue weighted by Gasteiger charge is -2.13. The van der Waals surface area contributed by atoms with E-state index in [-0.39, 0.29) is 0 Å². The summed E-state index contributed by atoms with van der Waals surface area (Å²) in [5.41, 5.74) is 1.17. The maximum atomic E-state index is 5.47. The van der Waals surface area contributed by atoms with Gasteiger partial charge in [-0.2, -0.15) is 11.8 Å². The average molecular weight is 223 g/mol. The van der Waals surface area contributed by atoms with Gasteiger partial charge in [0.2, 0.25) is 0 Å². The maximum absolute atomic E-state index is 5.47. The smallest absolute Gasteiger partial charge is 0.121 e. The van der Waals surface area contributed by atoms with E-state index in [1.807, 2.05) is 30.8 Å². The molecule has 1 aromatic rings. The van der Waals surface area contributed by atoms with Gasteiger partial charge in [-0.15, -0.1) is 0 Å². The summed E-state index contributed by atoms with van der Waals surface area (Å²) in [5, 5.41) is 3.54. The largest absolute Gasteiger partial charge is 0.494 e. The SMILES string of the molecule is CCOc1cccc(N[C@H]2CCSC2)c1. The van der Waals surface area contributed by atoms with Crippen LogP contribution in [0.3, 0.4) is 0 Å². The predicted octanol–water partition coefficient (Wildman–Crippen LogP) is 3.00. The molecule has 0 aromatic heterocycles. The molecule has 0 unspecified atom stereocenters. The van der Waals surface area contributed by atoms with Crippen molar-refractivity contribution in [3.05, 3.63) is 24.3 Å². The minimum Gasteiger partial charge on any atom is -0.494 e. The van der Waals surface area contributed by atoms with Crippen LogP contribution in [0.2, 0.25) is 0 Å². The van der Waals surface area contributed by atoms with Crippen LogP contribution in [0, 0.1) is 0 Å². The number of hydrogen-bond donors (Lipinski definition) is 1. The minimum absolute atomic E-state index is 0.631. The fraction of sp³-hybridized carbons (Fsp3) is 0.500. The molecule has 1 N–H and O–H groups in total. The van der Waals surface area contributed by atoms with Crippen molar-refractivity contribution in [3.8, 4) is 5.75 Å². The van der Waals surface area contributed by atoms with E-state index in [1.54, 1.807) is 0 Å². The zero-order valence-electron chi connectivity index (χ0n) is 9.03. The normalized spacial score (nSPS) is 20.2. The summed E-state index contributed by atoms with van der Waals surface area (Å²) in [6.45, 7) is 2.73. The van der Waals surface area contributed by atoms with Gasteiger partial charge < -0.3 is 10.1 Å². The van der Waals surface area contributed by atoms with E-state index < -0.39 is 0 Å². The molecule has 2 nitrogen and oxygen atoms in total. The second kappa shape index (κ2) is 5.31. The third-order valence-electron chi connectivity index (χ3n) is 2.45. The Bertz CT molecular complexity index is 310. The molecular weight excluding hydrogens is 206 g/mol. The monoisotopic (exact) mass is 223 g/mol. The van der Waals surface area contributed by atoms with E-state index in [4.69, 9.17) is 4.74 Å². The first-order valence-electron chi connectivity index (χ1n) is 5.45. The minimum atomic E-state index is 0.631. The van der Waals surface area contributed by atoms with Crippen molar-refractivity contribution in [2.45, 2.75) is 19.4 Å². The molecular formula is C12H17NOS. The molecule has 3 heteroatoms. The Hall–Kier alpha value is -0.830. The van der Waals surface area contributed by atoms with Gasteiger partial charge in [0.05, 0.1) is 6.61 Å². The van der Waals surface area contributed by atoms with Gasteiger partial charge in [-0.05, 0) is 31.2 Å². The molecule has 0 bridgehead atoms. The molecule has 0 saturated carbocycles. The van der Waals surface area contributed by atoms with E-state index in [0.29, 0.717) is 6.04 Å². The number of thioether (sulfide) groups is 1. The summed E-state index contributed by atoms with van der Waals surface area (Å²) >= 11 is 2.02. The molecule has 0 radical (unpaired) electrons. The van der Waals surface area contributed by atoms with Crippen LogP contribution in [0.1, 0.15) is 13.3 Å². The quantitative estimate of drug-likeness (QED) is 0.848. The maximum Gasteiger partial charge on any atom is 0.121 e. The number of hydrogen-bond acceptors (Lipinski definition) is 3. The summed E-state index contributed by atoms with van der Waals surface area (Å²) in [7, 11) is 0. The van der Waals surface area contributed by atoms with E-state index >= 15 is 0 Å². The standard InChI is InChI=1S/C12H17NOS/c1-2-14-12-5-3-4-10(8-12)13-11-6-7-15-9-11/h3-5,8,11,13H,2,6-7,9H2,1H3/t11-/m0/s1. The van der Waals surface area contributed by atoms with Gasteiger partial charge in [0.25, 0.3) is 0 Å². The molecule has 0 amide bonds. The Labute approximate surface area is 95.4 Å². The second-order valence-electron chi connectivity index (χ2n) is 3.67. The van der Waals surface area contributed by atoms with Crippen molar-refractivity contribution in [2.75, 3.05) is 23.4 Å².